The van der Waals surface area contributed by atoms with Crippen molar-refractivity contribution in [2.75, 3.05) is 165 Å². The Morgan fingerprint density at radius 3 is 1.15 bits per heavy atom. The van der Waals surface area contributed by atoms with Crippen molar-refractivity contribution in [3.63, 3.8) is 0 Å². The molecule has 3 unspecified atom stereocenters. The summed E-state index contributed by atoms with van der Waals surface area (Å²) >= 11 is 32.3. The van der Waals surface area contributed by atoms with E-state index in [0.717, 1.165) is 224 Å². The minimum absolute atomic E-state index is 0.0482. The van der Waals surface area contributed by atoms with Gasteiger partial charge in [0.1, 0.15) is 40.7 Å². The first-order valence-electron chi connectivity index (χ1n) is 50.7. The number of rotatable bonds is 29. The van der Waals surface area contributed by atoms with Gasteiger partial charge < -0.3 is 76.0 Å². The van der Waals surface area contributed by atoms with Gasteiger partial charge in [0.15, 0.2) is 40.4 Å². The normalized spacial score (nSPS) is 24.6. The highest BCUT2D eigenvalue weighted by molar-refractivity contribution is 7.99. The number of β-amino-alcohol motifs (C(OH)–C–C–N with tert-alkyl or cyclic N) is 1. The fourth-order valence-corrected chi connectivity index (χ4v) is 25.3. The Hall–Kier alpha value is -10.2. The lowest BCUT2D eigenvalue weighted by Crippen LogP contribution is -2.56. The number of nitriles is 3. The van der Waals surface area contributed by atoms with Gasteiger partial charge in [-0.05, 0) is 297 Å². The second-order valence-corrected chi connectivity index (χ2v) is 46.3. The first kappa shape index (κ1) is 106. The topological polar surface area (TPSA) is 398 Å². The second-order valence-electron chi connectivity index (χ2n) is 41.7. The molecule has 11 atom stereocenters. The summed E-state index contributed by atoms with van der Waals surface area (Å²) in [5, 5.41) is 82.5. The summed E-state index contributed by atoms with van der Waals surface area (Å²) in [6, 6.07) is 30.2. The van der Waals surface area contributed by atoms with Crippen molar-refractivity contribution in [3.05, 3.63) is 179 Å². The molecular formula is C106H134Cl5N23O8S. The van der Waals surface area contributed by atoms with Crippen LogP contribution in [-0.2, 0) is 23.9 Å². The van der Waals surface area contributed by atoms with Gasteiger partial charge in [-0.15, -0.1) is 0 Å². The summed E-state index contributed by atoms with van der Waals surface area (Å²) in [5.74, 6) is 11.1. The number of carboxylic acids is 3. The lowest BCUT2D eigenvalue weighted by atomic mass is 9.76. The molecule has 31 nitrogen and oxygen atoms in total. The zero-order valence-electron chi connectivity index (χ0n) is 82.9. The summed E-state index contributed by atoms with van der Waals surface area (Å²) in [6.07, 6.45) is 23.9. The number of aryl methyl sites for hydroxylation is 3. The Balaban J connectivity index is 0.000000137. The largest absolute Gasteiger partial charge is 0.481 e. The highest BCUT2D eigenvalue weighted by Crippen LogP contribution is 2.46. The zero-order valence-corrected chi connectivity index (χ0v) is 87.5. The molecule has 8 saturated heterocycles. The van der Waals surface area contributed by atoms with Crippen molar-refractivity contribution in [2.24, 2.45) is 65.1 Å². The van der Waals surface area contributed by atoms with Crippen LogP contribution in [0.15, 0.2) is 102 Å². The standard InChI is InChI=1S/C28H35ClN6O2.C27H33ClN6O2.C26H33Cl2N5O2.C25H33ClN6O2S/c1-17-8-9-21(23(29)11-17)18(2)32-27-24(12-30)31-13-26(33-27)35-15-20(16-35)19-5-4-10-34(14-19)25-7-3-6-22(25)28(36)37;1-16-5-6-22(23(28)8-16)17(2)31-26-24(11-29)30-12-25(32-26)34-14-20(15-34)18-4-3-7-33(13-18)21-9-19(10-21)27(35)36;1-15-5-6-21(22(27)8-15)16(2)30-24-23(28)11-29-26(31-24)33-13-19(14-33)17-4-3-7-32(12-17)20-9-18(10-20)25(34)35;1-17(21-7-6-20(11-22(21)26)35(2,3)34)29-25-23(12-27)28-13-24(30-25)32-15-19(16-32)18-5-4-8-31(14-18)9-10-33/h8-9,11,13,18-20,22,25H,3-7,10,14-16H2,1-2H3,(H,32,33)(H,36,37);5-6,8,12,17-21H,3-4,7,9-10,13-15H2,1-2H3,(H,31,32)(H,35,36);5-6,8,11,16-20H,3-4,7,9-10,12-14H2,1-2H3,(H,34,35)(H,29,30,31);6-7,11,13,17-19,33H,2,4-5,8-10,14-16H2,1,3H3,(H,29,30)/t18-,19+,22?,25?;17-,18+,19?,21?;16-,17+,18?,20?;17-,18+,35?/m1111/s1. The number of benzene rings is 4. The summed E-state index contributed by atoms with van der Waals surface area (Å²) in [5.41, 5.74) is 7.79. The minimum atomic E-state index is -2.36. The van der Waals surface area contributed by atoms with Crippen LogP contribution in [0.3, 0.4) is 0 Å². The molecule has 8 aliphatic heterocycles. The molecule has 3 aliphatic carbocycles. The summed E-state index contributed by atoms with van der Waals surface area (Å²) in [6.45, 7) is 30.8. The number of likely N-dealkylation sites (tertiary alicyclic amines) is 4. The molecule has 4 aromatic carbocycles. The number of carboxylic acid groups (broad SMARTS) is 3. The van der Waals surface area contributed by atoms with E-state index in [1.54, 1.807) is 43.2 Å². The maximum Gasteiger partial charge on any atom is 0.308 e. The van der Waals surface area contributed by atoms with Gasteiger partial charge in [0, 0.05) is 134 Å². The number of aromatic nitrogens is 8. The molecule has 11 fully saturated rings. The minimum Gasteiger partial charge on any atom is -0.481 e. The van der Waals surface area contributed by atoms with Crippen LogP contribution in [0.4, 0.5) is 46.7 Å². The van der Waals surface area contributed by atoms with Crippen LogP contribution in [0, 0.1) is 120 Å². The third-order valence-electron chi connectivity index (χ3n) is 31.8. The van der Waals surface area contributed by atoms with E-state index in [-0.39, 0.29) is 71.7 Å². The molecule has 8 aromatic rings. The highest BCUT2D eigenvalue weighted by Gasteiger charge is 2.48. The van der Waals surface area contributed by atoms with Gasteiger partial charge in [0.05, 0.1) is 73.3 Å². The summed E-state index contributed by atoms with van der Waals surface area (Å²) in [4.78, 5) is 90.0. The average molecular weight is 2070 g/mol. The Morgan fingerprint density at radius 2 is 0.783 bits per heavy atom. The molecule has 0 radical (unpaired) electrons. The molecular weight excluding hydrogens is 1930 g/mol. The van der Waals surface area contributed by atoms with Gasteiger partial charge in [-0.25, -0.2) is 34.9 Å². The van der Waals surface area contributed by atoms with E-state index in [2.05, 4.69) is 111 Å². The lowest BCUT2D eigenvalue weighted by Gasteiger charge is -2.50. The van der Waals surface area contributed by atoms with Crippen LogP contribution < -0.4 is 40.9 Å². The molecule has 762 valence electrons. The van der Waals surface area contributed by atoms with Crippen LogP contribution in [0.1, 0.15) is 204 Å². The number of aliphatic hydroxyl groups excluding tert-OH is 1. The van der Waals surface area contributed by atoms with Gasteiger partial charge in [-0.2, -0.15) is 20.8 Å². The van der Waals surface area contributed by atoms with Crippen LogP contribution in [0.2, 0.25) is 25.1 Å². The maximum atomic E-state index is 12.2. The number of aliphatic hydroxyl groups is 1. The lowest BCUT2D eigenvalue weighted by molar-refractivity contribution is -0.148. The molecule has 4 aromatic heterocycles. The predicted octanol–water partition coefficient (Wildman–Crippen LogP) is 17.7. The molecule has 0 amide bonds. The van der Waals surface area contributed by atoms with Gasteiger partial charge in [-0.1, -0.05) is 107 Å². The van der Waals surface area contributed by atoms with Crippen molar-refractivity contribution in [2.45, 2.75) is 192 Å². The molecule has 3 saturated carbocycles. The predicted molar refractivity (Wildman–Crippen MR) is 564 cm³/mol. The van der Waals surface area contributed by atoms with E-state index in [4.69, 9.17) is 77.9 Å². The number of halogens is 5. The number of nitrogens with one attached hydrogen (secondary N) is 4. The number of anilines is 8. The third kappa shape index (κ3) is 25.5. The van der Waals surface area contributed by atoms with Crippen LogP contribution >= 0.6 is 58.0 Å². The molecule has 19 rings (SSSR count). The molecule has 8 N–H and O–H groups in total. The summed E-state index contributed by atoms with van der Waals surface area (Å²) in [7, 11) is -2.36. The van der Waals surface area contributed by atoms with Crippen LogP contribution in [0.5, 0.6) is 0 Å². The van der Waals surface area contributed by atoms with Crippen LogP contribution in [0.25, 0.3) is 0 Å². The van der Waals surface area contributed by atoms with Crippen molar-refractivity contribution >= 4 is 138 Å². The Bertz CT molecular complexity index is 6120. The summed E-state index contributed by atoms with van der Waals surface area (Å²) < 4.78 is 12.2. The Labute approximate surface area is 865 Å². The number of carbonyl (C=O) groups is 3. The quantitative estimate of drug-likeness (QED) is 0.0202. The van der Waals surface area contributed by atoms with Gasteiger partial charge >= 0.3 is 17.9 Å². The number of hydrogen-bond acceptors (Lipinski definition) is 28. The molecule has 143 heavy (non-hydrogen) atoms. The fourth-order valence-electron chi connectivity index (χ4n) is 22.8. The Morgan fingerprint density at radius 1 is 0.427 bits per heavy atom. The maximum absolute atomic E-state index is 12.2. The monoisotopic (exact) mass is 2060 g/mol. The van der Waals surface area contributed by atoms with E-state index < -0.39 is 27.4 Å². The van der Waals surface area contributed by atoms with E-state index in [9.17, 15) is 54.8 Å². The number of piperidine rings is 4. The molecule has 0 spiro atoms. The smallest absolute Gasteiger partial charge is 0.308 e. The van der Waals surface area contributed by atoms with Crippen molar-refractivity contribution in [1.82, 2.24) is 59.5 Å². The van der Waals surface area contributed by atoms with Gasteiger partial charge in [0.25, 0.3) is 0 Å². The molecule has 12 heterocycles. The second kappa shape index (κ2) is 47.1. The SMILES string of the molecule is C=S(C)(=O)c1ccc([C@@H](C)Nc2nc(N3CC([C@H]4CCCN(CCO)C4)C3)cnc2C#N)c(Cl)c1.Cc1ccc([C@@H](C)Nc2nc(N3CC([C@H]4CCCN(C5CC(C(=O)O)C5)C4)C3)cnc2C#N)c(Cl)c1.Cc1ccc([C@@H](C)Nc2nc(N3CC([C@H]4CCCN(C5CC(C(=O)O)C5)C4)C3)ncc2Cl)c(Cl)c1.Cc1ccc([C@@H](C)Nc2nc(N3CC([C@H]4CCCN(C5CCCC5C(=O)O)C4)C3)cnc2C#N)c(Cl)c1. The number of nitrogens with zero attached hydrogens (tertiary/aromatic N) is 19. The average Bonchev–Trinajstić information content (AvgIpc) is 1.53. The van der Waals surface area contributed by atoms with Crippen molar-refractivity contribution < 1.29 is 39.0 Å². The van der Waals surface area contributed by atoms with Crippen LogP contribution in [-0.4, -0.2) is 250 Å². The van der Waals surface area contributed by atoms with Gasteiger partial charge in [0.2, 0.25) is 5.95 Å². The first-order chi connectivity index (χ1) is 68.6. The number of hydrogen-bond donors (Lipinski definition) is 8. The van der Waals surface area contributed by atoms with E-state index in [0.29, 0.717) is 114 Å². The van der Waals surface area contributed by atoms with E-state index in [1.165, 1.54) is 44.9 Å². The molecule has 11 aliphatic rings. The zero-order chi connectivity index (χ0) is 101. The van der Waals surface area contributed by atoms with Crippen molar-refractivity contribution in [3.8, 4) is 18.2 Å². The highest BCUT2D eigenvalue weighted by atomic mass is 35.5. The molecule has 37 heteroatoms. The van der Waals surface area contributed by atoms with Crippen molar-refractivity contribution in [1.29, 1.82) is 15.8 Å². The first-order valence-corrected chi connectivity index (χ1v) is 54.7. The molecule has 0 bridgehead atoms. The fraction of sp³-hybridized carbons (Fsp3) is 0.557. The van der Waals surface area contributed by atoms with E-state index >= 15 is 0 Å². The number of aliphatic carboxylic acids is 3. The van der Waals surface area contributed by atoms with Gasteiger partial charge in [-0.3, -0.25) is 23.5 Å². The Kier molecular flexibility index (Phi) is 34.7. The third-order valence-corrected chi connectivity index (χ3v) is 34.6. The van der Waals surface area contributed by atoms with E-state index in [1.807, 2.05) is 103 Å².